The molecule has 0 saturated heterocycles. The van der Waals surface area contributed by atoms with Gasteiger partial charge in [-0.1, -0.05) is 6.92 Å². The third-order valence-corrected chi connectivity index (χ3v) is 3.15. The molecule has 0 aliphatic carbocycles. The number of carbonyl (C=O) groups excluding carboxylic acids is 1. The van der Waals surface area contributed by atoms with Crippen LogP contribution in [0.3, 0.4) is 0 Å². The van der Waals surface area contributed by atoms with Crippen molar-refractivity contribution in [3.63, 3.8) is 0 Å². The number of amides is 1. The molecule has 0 aliphatic rings. The maximum atomic E-state index is 12.2. The van der Waals surface area contributed by atoms with Gasteiger partial charge in [-0.2, -0.15) is 5.10 Å². The highest BCUT2D eigenvalue weighted by molar-refractivity contribution is 5.94. The first-order chi connectivity index (χ1) is 10.1. The Bertz CT molecular complexity index is 620. The van der Waals surface area contributed by atoms with Crippen molar-refractivity contribution in [2.75, 3.05) is 11.9 Å². The molecule has 0 aliphatic heterocycles. The highest BCUT2D eigenvalue weighted by Crippen LogP contribution is 2.11. The molecule has 0 atom stereocenters. The van der Waals surface area contributed by atoms with Gasteiger partial charge in [0.15, 0.2) is 0 Å². The van der Waals surface area contributed by atoms with E-state index in [-0.39, 0.29) is 5.91 Å². The van der Waals surface area contributed by atoms with E-state index in [9.17, 15) is 4.79 Å². The first-order valence-corrected chi connectivity index (χ1v) is 7.09. The van der Waals surface area contributed by atoms with E-state index in [0.717, 1.165) is 35.7 Å². The van der Waals surface area contributed by atoms with E-state index in [0.29, 0.717) is 12.1 Å². The van der Waals surface area contributed by atoms with Crippen LogP contribution in [0.25, 0.3) is 0 Å². The van der Waals surface area contributed by atoms with E-state index in [1.54, 1.807) is 18.3 Å². The fraction of sp³-hybridized carbons (Fsp3) is 0.400. The number of nitrogens with one attached hydrogen (secondary N) is 3. The molecule has 0 fully saturated rings. The van der Waals surface area contributed by atoms with Crippen molar-refractivity contribution in [2.24, 2.45) is 0 Å². The summed E-state index contributed by atoms with van der Waals surface area (Å²) in [7, 11) is 0. The average Bonchev–Trinajstić information content (AvgIpc) is 2.87. The molecule has 21 heavy (non-hydrogen) atoms. The maximum absolute atomic E-state index is 12.2. The van der Waals surface area contributed by atoms with Crippen molar-refractivity contribution in [2.45, 2.75) is 33.7 Å². The molecule has 112 valence electrons. The van der Waals surface area contributed by atoms with Gasteiger partial charge in [0.1, 0.15) is 5.82 Å². The minimum atomic E-state index is -0.111. The van der Waals surface area contributed by atoms with E-state index >= 15 is 0 Å². The van der Waals surface area contributed by atoms with Crippen molar-refractivity contribution in [3.05, 3.63) is 40.8 Å². The number of rotatable bonds is 6. The first kappa shape index (κ1) is 15.0. The predicted octanol–water partition coefficient (Wildman–Crippen LogP) is 2.17. The summed E-state index contributed by atoms with van der Waals surface area (Å²) >= 11 is 0. The number of aryl methyl sites for hydroxylation is 2. The van der Waals surface area contributed by atoms with Crippen molar-refractivity contribution >= 4 is 11.7 Å². The van der Waals surface area contributed by atoms with E-state index < -0.39 is 0 Å². The summed E-state index contributed by atoms with van der Waals surface area (Å²) in [5.41, 5.74) is 3.38. The molecular formula is C15H21N5O. The third-order valence-electron chi connectivity index (χ3n) is 3.15. The molecule has 2 heterocycles. The highest BCUT2D eigenvalue weighted by Gasteiger charge is 2.09. The summed E-state index contributed by atoms with van der Waals surface area (Å²) < 4.78 is 0. The molecule has 6 heteroatoms. The lowest BCUT2D eigenvalue weighted by molar-refractivity contribution is 0.0950. The molecule has 2 rings (SSSR count). The van der Waals surface area contributed by atoms with Crippen LogP contribution in [0.2, 0.25) is 0 Å². The Morgan fingerprint density at radius 1 is 1.33 bits per heavy atom. The van der Waals surface area contributed by atoms with Gasteiger partial charge >= 0.3 is 0 Å². The number of pyridine rings is 1. The molecule has 0 spiro atoms. The molecule has 0 radical (unpaired) electrons. The second-order valence-corrected chi connectivity index (χ2v) is 5.01. The lowest BCUT2D eigenvalue weighted by atomic mass is 10.2. The van der Waals surface area contributed by atoms with Gasteiger partial charge in [-0.3, -0.25) is 9.89 Å². The summed E-state index contributed by atoms with van der Waals surface area (Å²) in [6.07, 6.45) is 2.73. The Hall–Kier alpha value is -2.37. The molecule has 0 aromatic carbocycles. The van der Waals surface area contributed by atoms with Gasteiger partial charge in [0, 0.05) is 35.6 Å². The topological polar surface area (TPSA) is 82.7 Å². The number of H-pyrrole nitrogens is 1. The van der Waals surface area contributed by atoms with Crippen molar-refractivity contribution in [3.8, 4) is 0 Å². The van der Waals surface area contributed by atoms with Crippen LogP contribution >= 0.6 is 0 Å². The molecule has 3 N–H and O–H groups in total. The minimum Gasteiger partial charge on any atom is -0.370 e. The molecular weight excluding hydrogens is 266 g/mol. The average molecular weight is 287 g/mol. The largest absolute Gasteiger partial charge is 0.370 e. The number of aromatic amines is 1. The van der Waals surface area contributed by atoms with Crippen LogP contribution in [0.4, 0.5) is 5.82 Å². The molecule has 1 amide bonds. The van der Waals surface area contributed by atoms with E-state index in [1.165, 1.54) is 0 Å². The second-order valence-electron chi connectivity index (χ2n) is 5.01. The van der Waals surface area contributed by atoms with Gasteiger partial charge in [0.05, 0.1) is 6.20 Å². The van der Waals surface area contributed by atoms with Crippen molar-refractivity contribution in [1.29, 1.82) is 0 Å². The Labute approximate surface area is 124 Å². The van der Waals surface area contributed by atoms with Crippen LogP contribution < -0.4 is 10.6 Å². The van der Waals surface area contributed by atoms with Crippen LogP contribution in [0.15, 0.2) is 18.3 Å². The molecule has 2 aromatic rings. The Morgan fingerprint density at radius 3 is 2.81 bits per heavy atom. The zero-order valence-electron chi connectivity index (χ0n) is 12.7. The molecule has 0 unspecified atom stereocenters. The second kappa shape index (κ2) is 6.88. The SMILES string of the molecule is CCCNc1cc(C(=O)NCc2cn[nH]c2C)cc(C)n1. The zero-order valence-corrected chi connectivity index (χ0v) is 12.7. The van der Waals surface area contributed by atoms with Gasteiger partial charge in [-0.05, 0) is 32.4 Å². The zero-order chi connectivity index (χ0) is 15.2. The van der Waals surface area contributed by atoms with Crippen molar-refractivity contribution in [1.82, 2.24) is 20.5 Å². The summed E-state index contributed by atoms with van der Waals surface area (Å²) in [5, 5.41) is 12.9. The Morgan fingerprint density at radius 2 is 2.14 bits per heavy atom. The van der Waals surface area contributed by atoms with E-state index in [2.05, 4.69) is 32.7 Å². The standard InChI is InChI=1S/C15H21N5O/c1-4-5-16-14-7-12(6-10(2)19-14)15(21)17-8-13-9-18-20-11(13)3/h6-7,9H,4-5,8H2,1-3H3,(H,16,19)(H,17,21)(H,18,20). The van der Waals surface area contributed by atoms with Gasteiger partial charge in [0.2, 0.25) is 0 Å². The number of nitrogens with zero attached hydrogens (tertiary/aromatic N) is 2. The number of hydrogen-bond donors (Lipinski definition) is 3. The van der Waals surface area contributed by atoms with Gasteiger partial charge in [-0.25, -0.2) is 4.98 Å². The smallest absolute Gasteiger partial charge is 0.251 e. The highest BCUT2D eigenvalue weighted by atomic mass is 16.1. The van der Waals surface area contributed by atoms with Crippen LogP contribution in [0, 0.1) is 13.8 Å². The van der Waals surface area contributed by atoms with Crippen LogP contribution in [-0.2, 0) is 6.54 Å². The lowest BCUT2D eigenvalue weighted by Crippen LogP contribution is -2.23. The van der Waals surface area contributed by atoms with Crippen LogP contribution in [-0.4, -0.2) is 27.6 Å². The third kappa shape index (κ3) is 4.05. The van der Waals surface area contributed by atoms with Gasteiger partial charge in [-0.15, -0.1) is 0 Å². The summed E-state index contributed by atoms with van der Waals surface area (Å²) in [6.45, 7) is 7.20. The summed E-state index contributed by atoms with van der Waals surface area (Å²) in [5.74, 6) is 0.627. The van der Waals surface area contributed by atoms with E-state index in [1.807, 2.05) is 13.8 Å². The van der Waals surface area contributed by atoms with Gasteiger partial charge in [0.25, 0.3) is 5.91 Å². The maximum Gasteiger partial charge on any atom is 0.251 e. The molecule has 0 saturated carbocycles. The number of anilines is 1. The van der Waals surface area contributed by atoms with Crippen LogP contribution in [0.1, 0.15) is 40.7 Å². The quantitative estimate of drug-likeness (QED) is 0.760. The Balaban J connectivity index is 2.04. The summed E-state index contributed by atoms with van der Waals surface area (Å²) in [6, 6.07) is 3.56. The molecule has 2 aromatic heterocycles. The van der Waals surface area contributed by atoms with E-state index in [4.69, 9.17) is 0 Å². The minimum absolute atomic E-state index is 0.111. The molecule has 0 bridgehead atoms. The Kier molecular flexibility index (Phi) is 4.92. The number of carbonyl (C=O) groups is 1. The lowest BCUT2D eigenvalue weighted by Gasteiger charge is -2.09. The molecule has 6 nitrogen and oxygen atoms in total. The van der Waals surface area contributed by atoms with Crippen molar-refractivity contribution < 1.29 is 4.79 Å². The number of hydrogen-bond acceptors (Lipinski definition) is 4. The fourth-order valence-electron chi connectivity index (χ4n) is 1.97. The number of aromatic nitrogens is 3. The first-order valence-electron chi connectivity index (χ1n) is 7.09. The summed E-state index contributed by atoms with van der Waals surface area (Å²) in [4.78, 5) is 16.6. The van der Waals surface area contributed by atoms with Gasteiger partial charge < -0.3 is 10.6 Å². The normalized spacial score (nSPS) is 10.4. The fourth-order valence-corrected chi connectivity index (χ4v) is 1.97. The predicted molar refractivity (Wildman–Crippen MR) is 82.2 cm³/mol. The van der Waals surface area contributed by atoms with Crippen LogP contribution in [0.5, 0.6) is 0 Å². The monoisotopic (exact) mass is 287 g/mol.